The smallest absolute Gasteiger partial charge is 0.262 e. The zero-order valence-corrected chi connectivity index (χ0v) is 13.5. The second-order valence-electron chi connectivity index (χ2n) is 6.20. The molecule has 0 saturated carbocycles. The Hall–Kier alpha value is -2.21. The third-order valence-electron chi connectivity index (χ3n) is 4.30. The molecule has 2 aliphatic rings. The fourth-order valence-electron chi connectivity index (χ4n) is 3.29. The SMILES string of the molecule is C[C@H]1CN(C(=O)[C@H](C)N2C(=O)c3ccccc3C2=O)C[C@H](C)O1. The van der Waals surface area contributed by atoms with Crippen LogP contribution >= 0.6 is 0 Å². The van der Waals surface area contributed by atoms with Crippen LogP contribution in [0.15, 0.2) is 24.3 Å². The van der Waals surface area contributed by atoms with Gasteiger partial charge in [0.25, 0.3) is 11.8 Å². The minimum atomic E-state index is -0.820. The summed E-state index contributed by atoms with van der Waals surface area (Å²) in [4.78, 5) is 40.4. The Morgan fingerprint density at radius 2 is 1.57 bits per heavy atom. The van der Waals surface area contributed by atoms with E-state index in [1.54, 1.807) is 36.1 Å². The van der Waals surface area contributed by atoms with Crippen LogP contribution in [-0.2, 0) is 9.53 Å². The van der Waals surface area contributed by atoms with E-state index in [0.717, 1.165) is 4.90 Å². The molecule has 122 valence electrons. The maximum atomic E-state index is 12.7. The van der Waals surface area contributed by atoms with Crippen LogP contribution in [0.3, 0.4) is 0 Å². The van der Waals surface area contributed by atoms with Crippen molar-refractivity contribution in [3.05, 3.63) is 35.4 Å². The average Bonchev–Trinajstić information content (AvgIpc) is 2.77. The normalized spacial score (nSPS) is 25.5. The van der Waals surface area contributed by atoms with Crippen LogP contribution in [0.5, 0.6) is 0 Å². The molecule has 0 bridgehead atoms. The Morgan fingerprint density at radius 3 is 2.04 bits per heavy atom. The molecule has 0 aromatic heterocycles. The molecule has 0 N–H and O–H groups in total. The van der Waals surface area contributed by atoms with Crippen LogP contribution in [-0.4, -0.2) is 58.9 Å². The van der Waals surface area contributed by atoms with E-state index >= 15 is 0 Å². The van der Waals surface area contributed by atoms with Gasteiger partial charge in [0.2, 0.25) is 5.91 Å². The number of benzene rings is 1. The van der Waals surface area contributed by atoms with Crippen LogP contribution in [0.25, 0.3) is 0 Å². The van der Waals surface area contributed by atoms with Crippen LogP contribution in [0, 0.1) is 0 Å². The second kappa shape index (κ2) is 5.77. The number of morpholine rings is 1. The lowest BCUT2D eigenvalue weighted by atomic mass is 10.1. The number of rotatable bonds is 2. The summed E-state index contributed by atoms with van der Waals surface area (Å²) in [5, 5.41) is 0. The van der Waals surface area contributed by atoms with Gasteiger partial charge in [-0.25, -0.2) is 0 Å². The lowest BCUT2D eigenvalue weighted by Crippen LogP contribution is -2.55. The Kier molecular flexibility index (Phi) is 3.93. The molecule has 0 aliphatic carbocycles. The van der Waals surface area contributed by atoms with Crippen LogP contribution in [0.2, 0.25) is 0 Å². The van der Waals surface area contributed by atoms with Crippen molar-refractivity contribution in [1.82, 2.24) is 9.80 Å². The van der Waals surface area contributed by atoms with Crippen molar-refractivity contribution in [3.8, 4) is 0 Å². The molecule has 1 aromatic rings. The summed E-state index contributed by atoms with van der Waals surface area (Å²) in [5.41, 5.74) is 0.724. The standard InChI is InChI=1S/C17H20N2O4/c1-10-8-18(9-11(2)23-10)15(20)12(3)19-16(21)13-6-4-5-7-14(13)17(19)22/h4-7,10-12H,8-9H2,1-3H3/t10-,11-,12-/m0/s1. The Morgan fingerprint density at radius 1 is 1.09 bits per heavy atom. The first-order chi connectivity index (χ1) is 10.9. The number of hydrogen-bond donors (Lipinski definition) is 0. The number of hydrogen-bond acceptors (Lipinski definition) is 4. The molecule has 1 aromatic carbocycles. The number of ether oxygens (including phenoxy) is 1. The van der Waals surface area contributed by atoms with Gasteiger partial charge in [-0.15, -0.1) is 0 Å². The van der Waals surface area contributed by atoms with Gasteiger partial charge in [0, 0.05) is 13.1 Å². The Bertz CT molecular complexity index is 627. The fraction of sp³-hybridized carbons (Fsp3) is 0.471. The molecule has 6 nitrogen and oxygen atoms in total. The van der Waals surface area contributed by atoms with Gasteiger partial charge in [-0.05, 0) is 32.9 Å². The van der Waals surface area contributed by atoms with Crippen LogP contribution in [0.1, 0.15) is 41.5 Å². The molecule has 6 heteroatoms. The highest BCUT2D eigenvalue weighted by Gasteiger charge is 2.42. The zero-order valence-electron chi connectivity index (χ0n) is 13.5. The summed E-state index contributed by atoms with van der Waals surface area (Å²) in [6, 6.07) is 5.84. The zero-order chi connectivity index (χ0) is 16.7. The largest absolute Gasteiger partial charge is 0.372 e. The third kappa shape index (κ3) is 2.63. The summed E-state index contributed by atoms with van der Waals surface area (Å²) in [6.45, 7) is 6.35. The molecule has 2 aliphatic heterocycles. The minimum absolute atomic E-state index is 0.0583. The predicted molar refractivity (Wildman–Crippen MR) is 83.0 cm³/mol. The number of fused-ring (bicyclic) bond motifs is 1. The highest BCUT2D eigenvalue weighted by molar-refractivity contribution is 6.22. The summed E-state index contributed by atoms with van der Waals surface area (Å²) in [5.74, 6) is -1.02. The first kappa shape index (κ1) is 15.7. The van der Waals surface area contributed by atoms with Crippen molar-refractivity contribution in [2.45, 2.75) is 39.0 Å². The van der Waals surface area contributed by atoms with Gasteiger partial charge in [-0.2, -0.15) is 0 Å². The van der Waals surface area contributed by atoms with E-state index < -0.39 is 17.9 Å². The van der Waals surface area contributed by atoms with Crippen molar-refractivity contribution < 1.29 is 19.1 Å². The summed E-state index contributed by atoms with van der Waals surface area (Å²) in [7, 11) is 0. The van der Waals surface area contributed by atoms with E-state index in [0.29, 0.717) is 24.2 Å². The number of carbonyl (C=O) groups excluding carboxylic acids is 3. The number of nitrogens with zero attached hydrogens (tertiary/aromatic N) is 2. The van der Waals surface area contributed by atoms with E-state index in [1.165, 1.54) is 0 Å². The first-order valence-electron chi connectivity index (χ1n) is 7.81. The highest BCUT2D eigenvalue weighted by Crippen LogP contribution is 2.25. The lowest BCUT2D eigenvalue weighted by molar-refractivity contribution is -0.146. The molecule has 0 spiro atoms. The monoisotopic (exact) mass is 316 g/mol. The van der Waals surface area contributed by atoms with E-state index in [-0.39, 0.29) is 18.1 Å². The number of imide groups is 1. The van der Waals surface area contributed by atoms with Gasteiger partial charge >= 0.3 is 0 Å². The minimum Gasteiger partial charge on any atom is -0.372 e. The van der Waals surface area contributed by atoms with Gasteiger partial charge in [-0.1, -0.05) is 12.1 Å². The van der Waals surface area contributed by atoms with Gasteiger partial charge < -0.3 is 9.64 Å². The molecular weight excluding hydrogens is 296 g/mol. The topological polar surface area (TPSA) is 66.9 Å². The molecule has 0 unspecified atom stereocenters. The van der Waals surface area contributed by atoms with E-state index in [1.807, 2.05) is 13.8 Å². The van der Waals surface area contributed by atoms with Gasteiger partial charge in [0.05, 0.1) is 23.3 Å². The molecule has 1 fully saturated rings. The van der Waals surface area contributed by atoms with Gasteiger partial charge in [-0.3, -0.25) is 19.3 Å². The second-order valence-corrected chi connectivity index (χ2v) is 6.20. The summed E-state index contributed by atoms with van der Waals surface area (Å²) in [6.07, 6.45) is -0.117. The average molecular weight is 316 g/mol. The van der Waals surface area contributed by atoms with Crippen molar-refractivity contribution in [3.63, 3.8) is 0 Å². The number of carbonyl (C=O) groups is 3. The Balaban J connectivity index is 1.81. The van der Waals surface area contributed by atoms with Gasteiger partial charge in [0.15, 0.2) is 0 Å². The molecule has 23 heavy (non-hydrogen) atoms. The molecular formula is C17H20N2O4. The molecule has 3 amide bonds. The fourth-order valence-corrected chi connectivity index (χ4v) is 3.29. The van der Waals surface area contributed by atoms with Crippen LogP contribution in [0.4, 0.5) is 0 Å². The predicted octanol–water partition coefficient (Wildman–Crippen LogP) is 1.31. The van der Waals surface area contributed by atoms with Gasteiger partial charge in [0.1, 0.15) is 6.04 Å². The highest BCUT2D eigenvalue weighted by atomic mass is 16.5. The maximum absolute atomic E-state index is 12.7. The van der Waals surface area contributed by atoms with Crippen molar-refractivity contribution in [1.29, 1.82) is 0 Å². The van der Waals surface area contributed by atoms with Crippen molar-refractivity contribution in [2.24, 2.45) is 0 Å². The molecule has 1 saturated heterocycles. The van der Waals surface area contributed by atoms with E-state index in [2.05, 4.69) is 0 Å². The number of amides is 3. The summed E-state index contributed by atoms with van der Waals surface area (Å²) < 4.78 is 5.62. The van der Waals surface area contributed by atoms with Crippen molar-refractivity contribution in [2.75, 3.05) is 13.1 Å². The lowest BCUT2D eigenvalue weighted by Gasteiger charge is -2.37. The molecule has 3 atom stereocenters. The molecule has 3 rings (SSSR count). The maximum Gasteiger partial charge on any atom is 0.262 e. The van der Waals surface area contributed by atoms with Crippen molar-refractivity contribution >= 4 is 17.7 Å². The summed E-state index contributed by atoms with van der Waals surface area (Å²) >= 11 is 0. The molecule has 0 radical (unpaired) electrons. The van der Waals surface area contributed by atoms with E-state index in [9.17, 15) is 14.4 Å². The quantitative estimate of drug-likeness (QED) is 0.772. The first-order valence-corrected chi connectivity index (χ1v) is 7.81. The Labute approximate surface area is 135 Å². The van der Waals surface area contributed by atoms with E-state index in [4.69, 9.17) is 4.74 Å². The third-order valence-corrected chi connectivity index (χ3v) is 4.30. The van der Waals surface area contributed by atoms with Crippen LogP contribution < -0.4 is 0 Å². The molecule has 2 heterocycles.